The predicted octanol–water partition coefficient (Wildman–Crippen LogP) is -1.47. The summed E-state index contributed by atoms with van der Waals surface area (Å²) in [5.41, 5.74) is 0. The first kappa shape index (κ1) is 12.8. The second-order valence-electron chi connectivity index (χ2n) is 2.33. The molecule has 0 aromatic rings. The lowest BCUT2D eigenvalue weighted by atomic mass is 10.4. The summed E-state index contributed by atoms with van der Waals surface area (Å²) in [5, 5.41) is 16.6. The van der Waals surface area contributed by atoms with Crippen molar-refractivity contribution >= 4 is 16.0 Å². The van der Waals surface area contributed by atoms with Crippen LogP contribution in [0.25, 0.3) is 0 Å². The smallest absolute Gasteiger partial charge is 0.334 e. The number of carboxylic acid groups (broad SMARTS) is 1. The zero-order valence-electron chi connectivity index (χ0n) is 7.43. The molecule has 0 aromatic carbocycles. The molecule has 2 N–H and O–H groups in total. The van der Waals surface area contributed by atoms with E-state index in [1.165, 1.54) is 6.07 Å². The fourth-order valence-electron chi connectivity index (χ4n) is 0.610. The molecule has 0 saturated carbocycles. The van der Waals surface area contributed by atoms with Crippen molar-refractivity contribution < 1.29 is 23.1 Å². The summed E-state index contributed by atoms with van der Waals surface area (Å²) < 4.78 is 28.2. The first-order valence-electron chi connectivity index (χ1n) is 3.53. The zero-order valence-corrected chi connectivity index (χ0v) is 8.24. The Bertz CT molecular complexity index is 331. The van der Waals surface area contributed by atoms with Crippen LogP contribution in [0.2, 0.25) is 0 Å². The minimum absolute atomic E-state index is 0.393. The van der Waals surface area contributed by atoms with E-state index in [0.717, 1.165) is 7.11 Å². The normalized spacial score (nSPS) is 13.1. The fourth-order valence-corrected chi connectivity index (χ4v) is 1.29. The molecule has 0 saturated heterocycles. The maximum Gasteiger partial charge on any atom is 0.334 e. The van der Waals surface area contributed by atoms with Gasteiger partial charge in [-0.2, -0.15) is 5.26 Å². The lowest BCUT2D eigenvalue weighted by Gasteiger charge is -2.10. The summed E-state index contributed by atoms with van der Waals surface area (Å²) in [4.78, 5) is 10.4. The molecular formula is C6H10N2O5S. The molecule has 0 fully saturated rings. The van der Waals surface area contributed by atoms with E-state index in [-0.39, 0.29) is 0 Å². The Labute approximate surface area is 81.3 Å². The summed E-state index contributed by atoms with van der Waals surface area (Å²) in [6, 6.07) is 1.44. The Morgan fingerprint density at radius 3 is 2.64 bits per heavy atom. The summed E-state index contributed by atoms with van der Waals surface area (Å²) in [7, 11) is -2.57. The van der Waals surface area contributed by atoms with Gasteiger partial charge in [0.15, 0.2) is 11.9 Å². The third-order valence-corrected chi connectivity index (χ3v) is 2.42. The van der Waals surface area contributed by atoms with Crippen LogP contribution in [-0.2, 0) is 19.6 Å². The van der Waals surface area contributed by atoms with Crippen molar-refractivity contribution in [2.75, 3.05) is 19.4 Å². The summed E-state index contributed by atoms with van der Waals surface area (Å²) in [6.45, 7) is -0.393. The topological polar surface area (TPSA) is 116 Å². The highest BCUT2D eigenvalue weighted by Crippen LogP contribution is 1.90. The number of hydrogen-bond donors (Lipinski definition) is 2. The molecule has 0 rings (SSSR count). The van der Waals surface area contributed by atoms with Gasteiger partial charge in [0.1, 0.15) is 0 Å². The maximum absolute atomic E-state index is 10.9. The van der Waals surface area contributed by atoms with Crippen LogP contribution in [0.15, 0.2) is 0 Å². The van der Waals surface area contributed by atoms with Crippen molar-refractivity contribution in [1.82, 2.24) is 4.72 Å². The van der Waals surface area contributed by atoms with Crippen molar-refractivity contribution in [1.29, 1.82) is 5.26 Å². The van der Waals surface area contributed by atoms with Crippen molar-refractivity contribution in [3.63, 3.8) is 0 Å². The van der Waals surface area contributed by atoms with Gasteiger partial charge < -0.3 is 9.84 Å². The number of nitrogens with zero attached hydrogens (tertiary/aromatic N) is 1. The second kappa shape index (κ2) is 5.54. The first-order chi connectivity index (χ1) is 6.43. The van der Waals surface area contributed by atoms with E-state index in [2.05, 4.69) is 4.74 Å². The zero-order chi connectivity index (χ0) is 11.2. The molecule has 1 unspecified atom stereocenters. The van der Waals surface area contributed by atoms with Gasteiger partial charge in [-0.05, 0) is 0 Å². The van der Waals surface area contributed by atoms with Crippen LogP contribution in [0.4, 0.5) is 0 Å². The lowest BCUT2D eigenvalue weighted by molar-refractivity contribution is -0.147. The third kappa shape index (κ3) is 4.76. The van der Waals surface area contributed by atoms with Gasteiger partial charge in [-0.15, -0.1) is 0 Å². The van der Waals surface area contributed by atoms with Crippen LogP contribution in [0.1, 0.15) is 0 Å². The van der Waals surface area contributed by atoms with E-state index >= 15 is 0 Å². The molecule has 0 aliphatic rings. The monoisotopic (exact) mass is 222 g/mol. The highest BCUT2D eigenvalue weighted by atomic mass is 32.2. The van der Waals surface area contributed by atoms with Crippen LogP contribution < -0.4 is 4.72 Å². The Morgan fingerprint density at radius 1 is 1.71 bits per heavy atom. The molecular weight excluding hydrogens is 212 g/mol. The number of nitrogens with one attached hydrogen (secondary N) is 1. The molecule has 0 spiro atoms. The van der Waals surface area contributed by atoms with Gasteiger partial charge in [0, 0.05) is 13.7 Å². The van der Waals surface area contributed by atoms with Gasteiger partial charge in [0.25, 0.3) is 0 Å². The van der Waals surface area contributed by atoms with Crippen molar-refractivity contribution in [3.05, 3.63) is 0 Å². The number of nitriles is 1. The van der Waals surface area contributed by atoms with E-state index in [1.807, 2.05) is 4.72 Å². The number of carboxylic acids is 1. The number of ether oxygens (including phenoxy) is 1. The lowest BCUT2D eigenvalue weighted by Crippen LogP contribution is -2.38. The largest absolute Gasteiger partial charge is 0.479 e. The van der Waals surface area contributed by atoms with E-state index in [1.54, 1.807) is 0 Å². The van der Waals surface area contributed by atoms with Gasteiger partial charge in [-0.1, -0.05) is 0 Å². The standard InChI is InChI=1S/C6H10N2O5S/c1-13-5(6(9)10)4-8-14(11,12)3-2-7/h5,8H,3-4H2,1H3,(H,9,10). The summed E-state index contributed by atoms with van der Waals surface area (Å²) in [5.74, 6) is -1.98. The van der Waals surface area contributed by atoms with Crippen LogP contribution in [-0.4, -0.2) is 45.0 Å². The minimum atomic E-state index is -3.72. The molecule has 14 heavy (non-hydrogen) atoms. The van der Waals surface area contributed by atoms with Gasteiger partial charge in [-0.25, -0.2) is 17.9 Å². The van der Waals surface area contributed by atoms with Gasteiger partial charge in [0.05, 0.1) is 6.07 Å². The highest BCUT2D eigenvalue weighted by molar-refractivity contribution is 7.89. The molecule has 0 bridgehead atoms. The molecule has 0 aliphatic heterocycles. The molecule has 7 nitrogen and oxygen atoms in total. The molecule has 0 radical (unpaired) electrons. The maximum atomic E-state index is 10.9. The van der Waals surface area contributed by atoms with Crippen molar-refractivity contribution in [2.45, 2.75) is 6.10 Å². The average Bonchev–Trinajstić information content (AvgIpc) is 2.04. The molecule has 80 valence electrons. The van der Waals surface area contributed by atoms with Gasteiger partial charge in [-0.3, -0.25) is 0 Å². The second-order valence-corrected chi connectivity index (χ2v) is 4.14. The number of rotatable bonds is 6. The van der Waals surface area contributed by atoms with Crippen molar-refractivity contribution in [3.8, 4) is 6.07 Å². The molecule has 0 aliphatic carbocycles. The SMILES string of the molecule is COC(CNS(=O)(=O)CC#N)C(=O)O. The Morgan fingerprint density at radius 2 is 2.29 bits per heavy atom. The van der Waals surface area contributed by atoms with E-state index < -0.39 is 34.4 Å². The van der Waals surface area contributed by atoms with Crippen LogP contribution >= 0.6 is 0 Å². The highest BCUT2D eigenvalue weighted by Gasteiger charge is 2.19. The molecule has 0 heterocycles. The Kier molecular flexibility index (Phi) is 5.07. The average molecular weight is 222 g/mol. The van der Waals surface area contributed by atoms with Crippen molar-refractivity contribution in [2.24, 2.45) is 0 Å². The Hall–Kier alpha value is -1.17. The number of carbonyl (C=O) groups is 1. The molecule has 0 aromatic heterocycles. The van der Waals surface area contributed by atoms with Crippen LogP contribution in [0, 0.1) is 11.3 Å². The summed E-state index contributed by atoms with van der Waals surface area (Å²) >= 11 is 0. The molecule has 0 amide bonds. The fraction of sp³-hybridized carbons (Fsp3) is 0.667. The van der Waals surface area contributed by atoms with Gasteiger partial charge in [0.2, 0.25) is 10.0 Å². The molecule has 1 atom stereocenters. The minimum Gasteiger partial charge on any atom is -0.479 e. The first-order valence-corrected chi connectivity index (χ1v) is 5.18. The number of sulfonamides is 1. The Balaban J connectivity index is 4.18. The number of methoxy groups -OCH3 is 1. The summed E-state index contributed by atoms with van der Waals surface area (Å²) in [6.07, 6.45) is -1.25. The van der Waals surface area contributed by atoms with Crippen LogP contribution in [0.5, 0.6) is 0 Å². The number of hydrogen-bond acceptors (Lipinski definition) is 5. The van der Waals surface area contributed by atoms with E-state index in [9.17, 15) is 13.2 Å². The third-order valence-electron chi connectivity index (χ3n) is 1.30. The van der Waals surface area contributed by atoms with E-state index in [4.69, 9.17) is 10.4 Å². The quantitative estimate of drug-likeness (QED) is 0.566. The van der Waals surface area contributed by atoms with Gasteiger partial charge >= 0.3 is 5.97 Å². The van der Waals surface area contributed by atoms with Crippen LogP contribution in [0.3, 0.4) is 0 Å². The number of aliphatic carboxylic acids is 1. The molecule has 8 heteroatoms. The predicted molar refractivity (Wildman–Crippen MR) is 45.8 cm³/mol. The van der Waals surface area contributed by atoms with E-state index in [0.29, 0.717) is 0 Å².